The molecule has 4 atom stereocenters. The van der Waals surface area contributed by atoms with Gasteiger partial charge in [-0.3, -0.25) is 0 Å². The van der Waals surface area contributed by atoms with Crippen LogP contribution in [-0.4, -0.2) is 35.8 Å². The van der Waals surface area contributed by atoms with Crippen LogP contribution in [0, 0.1) is 11.8 Å². The molecule has 1 aromatic heterocycles. The predicted molar refractivity (Wildman–Crippen MR) is 69.4 cm³/mol. The van der Waals surface area contributed by atoms with Crippen LogP contribution in [-0.2, 0) is 0 Å². The summed E-state index contributed by atoms with van der Waals surface area (Å²) in [6.45, 7) is 3.08. The van der Waals surface area contributed by atoms with Crippen molar-refractivity contribution in [1.29, 1.82) is 0 Å². The smallest absolute Gasteiger partial charge is 0.128 e. The molecule has 96 valence electrons. The predicted octanol–water partition coefficient (Wildman–Crippen LogP) is 0.933. The van der Waals surface area contributed by atoms with E-state index in [2.05, 4.69) is 27.3 Å². The molecule has 0 bridgehead atoms. The first-order chi connectivity index (χ1) is 8.79. The maximum absolute atomic E-state index is 9.53. The number of hydrogen-bond acceptors (Lipinski definition) is 4. The Morgan fingerprint density at radius 2 is 2.06 bits per heavy atom. The molecule has 4 rings (SSSR count). The normalized spacial score (nSPS) is 37.9. The van der Waals surface area contributed by atoms with Crippen LogP contribution in [0.25, 0.3) is 0 Å². The van der Waals surface area contributed by atoms with Gasteiger partial charge < -0.3 is 15.3 Å². The van der Waals surface area contributed by atoms with Gasteiger partial charge in [0.1, 0.15) is 5.82 Å². The van der Waals surface area contributed by atoms with E-state index in [1.165, 1.54) is 25.1 Å². The van der Waals surface area contributed by atoms with E-state index in [-0.39, 0.29) is 12.1 Å². The molecule has 0 aromatic carbocycles. The van der Waals surface area contributed by atoms with E-state index in [4.69, 9.17) is 0 Å². The maximum Gasteiger partial charge on any atom is 0.128 e. The molecule has 18 heavy (non-hydrogen) atoms. The first-order valence-corrected chi connectivity index (χ1v) is 6.92. The summed E-state index contributed by atoms with van der Waals surface area (Å²) >= 11 is 0. The Balaban J connectivity index is 1.47. The first kappa shape index (κ1) is 10.8. The number of β-amino-alcohol motifs (C(OH)–C–C–N with tert-alkyl or cyclic N) is 1. The van der Waals surface area contributed by atoms with Crippen LogP contribution in [0.4, 0.5) is 5.82 Å². The quantitative estimate of drug-likeness (QED) is 0.814. The molecule has 0 amide bonds. The lowest BCUT2D eigenvalue weighted by atomic mass is 10.1. The van der Waals surface area contributed by atoms with Gasteiger partial charge in [-0.05, 0) is 36.3 Å². The van der Waals surface area contributed by atoms with Crippen molar-refractivity contribution in [2.45, 2.75) is 25.0 Å². The lowest BCUT2D eigenvalue weighted by molar-refractivity contribution is 0.193. The first-order valence-electron chi connectivity index (χ1n) is 6.92. The van der Waals surface area contributed by atoms with E-state index in [0.717, 1.165) is 24.1 Å². The zero-order chi connectivity index (χ0) is 12.1. The van der Waals surface area contributed by atoms with Crippen LogP contribution >= 0.6 is 0 Å². The van der Waals surface area contributed by atoms with Gasteiger partial charge in [-0.1, -0.05) is 6.07 Å². The largest absolute Gasteiger partial charge is 0.392 e. The van der Waals surface area contributed by atoms with Crippen molar-refractivity contribution in [1.82, 2.24) is 10.3 Å². The molecule has 1 aliphatic carbocycles. The fourth-order valence-electron chi connectivity index (χ4n) is 3.35. The van der Waals surface area contributed by atoms with Gasteiger partial charge >= 0.3 is 0 Å². The summed E-state index contributed by atoms with van der Waals surface area (Å²) in [4.78, 5) is 6.99. The number of aromatic nitrogens is 1. The van der Waals surface area contributed by atoms with Crippen molar-refractivity contribution in [3.8, 4) is 0 Å². The molecule has 0 radical (unpaired) electrons. The SMILES string of the molecule is O[C@@H]1CN[C@H](c2ccc(N3CC4CC4C3)nc2)C1. The molecule has 3 aliphatic rings. The molecule has 3 fully saturated rings. The summed E-state index contributed by atoms with van der Waals surface area (Å²) in [6.07, 6.45) is 3.99. The average Bonchev–Trinajstić information content (AvgIpc) is 2.82. The second-order valence-electron chi connectivity index (χ2n) is 5.96. The molecule has 3 heterocycles. The summed E-state index contributed by atoms with van der Waals surface area (Å²) in [5.74, 6) is 3.00. The van der Waals surface area contributed by atoms with Crippen LogP contribution in [0.3, 0.4) is 0 Å². The second kappa shape index (κ2) is 3.93. The van der Waals surface area contributed by atoms with Crippen LogP contribution < -0.4 is 10.2 Å². The standard InChI is InChI=1S/C14H19N3O/c18-12-4-13(15-6-12)9-1-2-14(16-5-9)17-7-10-3-11(10)8-17/h1-2,5,10-13,15,18H,3-4,6-8H2/t10?,11?,12-,13-/m0/s1. The molecule has 4 heteroatoms. The van der Waals surface area contributed by atoms with Gasteiger partial charge in [0, 0.05) is 31.9 Å². The van der Waals surface area contributed by atoms with E-state index in [9.17, 15) is 5.11 Å². The third kappa shape index (κ3) is 1.80. The number of aliphatic hydroxyl groups is 1. The minimum Gasteiger partial charge on any atom is -0.392 e. The molecular formula is C14H19N3O. The third-order valence-corrected chi connectivity index (χ3v) is 4.58. The average molecular weight is 245 g/mol. The monoisotopic (exact) mass is 245 g/mol. The lowest BCUT2D eigenvalue weighted by Gasteiger charge is -2.19. The number of piperidine rings is 1. The Kier molecular flexibility index (Phi) is 2.35. The number of hydrogen-bond donors (Lipinski definition) is 2. The summed E-state index contributed by atoms with van der Waals surface area (Å²) < 4.78 is 0. The van der Waals surface area contributed by atoms with Gasteiger partial charge in [0.25, 0.3) is 0 Å². The highest BCUT2D eigenvalue weighted by Crippen LogP contribution is 2.45. The molecule has 1 saturated carbocycles. The third-order valence-electron chi connectivity index (χ3n) is 4.58. The number of nitrogens with one attached hydrogen (secondary N) is 1. The van der Waals surface area contributed by atoms with E-state index < -0.39 is 0 Å². The van der Waals surface area contributed by atoms with Crippen molar-refractivity contribution >= 4 is 5.82 Å². The molecule has 2 aliphatic heterocycles. The fourth-order valence-corrected chi connectivity index (χ4v) is 3.35. The summed E-state index contributed by atoms with van der Waals surface area (Å²) in [6, 6.07) is 4.56. The highest BCUT2D eigenvalue weighted by Gasteiger charge is 2.45. The number of fused-ring (bicyclic) bond motifs is 1. The maximum atomic E-state index is 9.53. The minimum absolute atomic E-state index is 0.208. The molecule has 2 saturated heterocycles. The summed E-state index contributed by atoms with van der Waals surface area (Å²) in [5, 5.41) is 12.9. The Labute approximate surface area is 107 Å². The van der Waals surface area contributed by atoms with E-state index in [1.807, 2.05) is 6.20 Å². The molecule has 0 spiro atoms. The highest BCUT2D eigenvalue weighted by molar-refractivity contribution is 5.42. The fraction of sp³-hybridized carbons (Fsp3) is 0.643. The van der Waals surface area contributed by atoms with Crippen LogP contribution in [0.1, 0.15) is 24.4 Å². The summed E-state index contributed by atoms with van der Waals surface area (Å²) in [7, 11) is 0. The Hall–Kier alpha value is -1.13. The molecule has 2 unspecified atom stereocenters. The van der Waals surface area contributed by atoms with E-state index >= 15 is 0 Å². The Morgan fingerprint density at radius 3 is 2.67 bits per heavy atom. The van der Waals surface area contributed by atoms with Gasteiger partial charge in [0.2, 0.25) is 0 Å². The second-order valence-corrected chi connectivity index (χ2v) is 5.96. The number of nitrogens with zero attached hydrogens (tertiary/aromatic N) is 2. The summed E-state index contributed by atoms with van der Waals surface area (Å²) in [5.41, 5.74) is 1.19. The van der Waals surface area contributed by atoms with Crippen molar-refractivity contribution < 1.29 is 5.11 Å². The minimum atomic E-state index is -0.208. The van der Waals surface area contributed by atoms with E-state index in [1.54, 1.807) is 0 Å². The van der Waals surface area contributed by atoms with Gasteiger partial charge in [-0.15, -0.1) is 0 Å². The number of pyridine rings is 1. The number of aliphatic hydroxyl groups excluding tert-OH is 1. The van der Waals surface area contributed by atoms with Gasteiger partial charge in [-0.25, -0.2) is 4.98 Å². The van der Waals surface area contributed by atoms with Gasteiger partial charge in [-0.2, -0.15) is 0 Å². The zero-order valence-corrected chi connectivity index (χ0v) is 10.4. The van der Waals surface area contributed by atoms with Gasteiger partial charge in [0.15, 0.2) is 0 Å². The van der Waals surface area contributed by atoms with Crippen LogP contribution in [0.2, 0.25) is 0 Å². The molecular weight excluding hydrogens is 226 g/mol. The number of rotatable bonds is 2. The highest BCUT2D eigenvalue weighted by atomic mass is 16.3. The molecule has 2 N–H and O–H groups in total. The topological polar surface area (TPSA) is 48.4 Å². The molecule has 4 nitrogen and oxygen atoms in total. The molecule has 1 aromatic rings. The number of anilines is 1. The Morgan fingerprint density at radius 1 is 1.22 bits per heavy atom. The van der Waals surface area contributed by atoms with E-state index in [0.29, 0.717) is 6.54 Å². The lowest BCUT2D eigenvalue weighted by Crippen LogP contribution is -2.23. The van der Waals surface area contributed by atoms with Crippen molar-refractivity contribution in [3.63, 3.8) is 0 Å². The van der Waals surface area contributed by atoms with Gasteiger partial charge in [0.05, 0.1) is 6.10 Å². The van der Waals surface area contributed by atoms with Crippen molar-refractivity contribution in [2.75, 3.05) is 24.5 Å². The van der Waals surface area contributed by atoms with Crippen LogP contribution in [0.5, 0.6) is 0 Å². The zero-order valence-electron chi connectivity index (χ0n) is 10.4. The Bertz CT molecular complexity index is 410. The van der Waals surface area contributed by atoms with Crippen LogP contribution in [0.15, 0.2) is 18.3 Å². The van der Waals surface area contributed by atoms with Crippen molar-refractivity contribution in [3.05, 3.63) is 23.9 Å². The van der Waals surface area contributed by atoms with Crippen molar-refractivity contribution in [2.24, 2.45) is 11.8 Å².